The molecule has 2 aromatic carbocycles. The summed E-state index contributed by atoms with van der Waals surface area (Å²) in [6.07, 6.45) is 2.13. The molecule has 2 aliphatic rings. The summed E-state index contributed by atoms with van der Waals surface area (Å²) in [5.74, 6) is 0.331. The van der Waals surface area contributed by atoms with E-state index in [0.29, 0.717) is 24.5 Å². The number of hydrogen-bond acceptors (Lipinski definition) is 4. The van der Waals surface area contributed by atoms with Crippen molar-refractivity contribution < 1.29 is 9.90 Å². The maximum atomic E-state index is 11.8. The molecule has 1 saturated heterocycles. The Morgan fingerprint density at radius 3 is 2.57 bits per heavy atom. The Labute approximate surface area is 182 Å². The SMILES string of the molecule is CC(=O)N1CCC2(CC1)N=C(c1ccc(C)c(C)c1)CC(c1cc(Cl)ccc1O)N2. The van der Waals surface area contributed by atoms with E-state index in [9.17, 15) is 9.90 Å². The van der Waals surface area contributed by atoms with E-state index >= 15 is 0 Å². The predicted octanol–water partition coefficient (Wildman–Crippen LogP) is 4.52. The van der Waals surface area contributed by atoms with Crippen LogP contribution in [0.25, 0.3) is 0 Å². The molecular formula is C24H28ClN3O2. The summed E-state index contributed by atoms with van der Waals surface area (Å²) < 4.78 is 0. The molecule has 2 heterocycles. The van der Waals surface area contributed by atoms with Crippen LogP contribution in [0.15, 0.2) is 41.4 Å². The molecule has 1 amide bonds. The molecule has 2 aliphatic heterocycles. The quantitative estimate of drug-likeness (QED) is 0.743. The standard InChI is InChI=1S/C24H28ClN3O2/c1-15-4-5-18(12-16(15)2)21-14-22(20-13-19(25)6-7-23(20)30)27-24(26-21)8-10-28(11-9-24)17(3)29/h4-7,12-13,22,27,30H,8-11,14H2,1-3H3. The van der Waals surface area contributed by atoms with E-state index in [-0.39, 0.29) is 17.7 Å². The number of piperidine rings is 1. The average molecular weight is 426 g/mol. The highest BCUT2D eigenvalue weighted by atomic mass is 35.5. The van der Waals surface area contributed by atoms with Crippen LogP contribution in [0.1, 0.15) is 54.5 Å². The molecule has 1 spiro atoms. The van der Waals surface area contributed by atoms with Crippen molar-refractivity contribution in [1.82, 2.24) is 10.2 Å². The minimum absolute atomic E-state index is 0.100. The Balaban J connectivity index is 1.74. The molecule has 1 fully saturated rings. The molecular weight excluding hydrogens is 398 g/mol. The molecule has 4 rings (SSSR count). The molecule has 0 aliphatic carbocycles. The molecule has 2 aromatic rings. The van der Waals surface area contributed by atoms with Crippen molar-refractivity contribution in [2.45, 2.75) is 51.7 Å². The van der Waals surface area contributed by atoms with E-state index in [1.165, 1.54) is 11.1 Å². The monoisotopic (exact) mass is 425 g/mol. The number of nitrogens with zero attached hydrogens (tertiary/aromatic N) is 2. The van der Waals surface area contributed by atoms with Crippen molar-refractivity contribution in [3.8, 4) is 5.75 Å². The van der Waals surface area contributed by atoms with Crippen LogP contribution in [0.5, 0.6) is 5.75 Å². The van der Waals surface area contributed by atoms with Gasteiger partial charge in [-0.2, -0.15) is 0 Å². The smallest absolute Gasteiger partial charge is 0.219 e. The molecule has 2 N–H and O–H groups in total. The molecule has 30 heavy (non-hydrogen) atoms. The third-order valence-electron chi connectivity index (χ3n) is 6.43. The van der Waals surface area contributed by atoms with Gasteiger partial charge in [0.2, 0.25) is 5.91 Å². The highest BCUT2D eigenvalue weighted by Gasteiger charge is 2.41. The number of aryl methyl sites for hydroxylation is 2. The topological polar surface area (TPSA) is 64.9 Å². The van der Waals surface area contributed by atoms with Gasteiger partial charge < -0.3 is 10.0 Å². The molecule has 0 radical (unpaired) electrons. The van der Waals surface area contributed by atoms with Crippen LogP contribution in [-0.2, 0) is 4.79 Å². The summed E-state index contributed by atoms with van der Waals surface area (Å²) in [4.78, 5) is 18.9. The second kappa shape index (κ2) is 8.05. The van der Waals surface area contributed by atoms with Crippen LogP contribution in [0.4, 0.5) is 0 Å². The molecule has 158 valence electrons. The number of halogens is 1. The first-order chi connectivity index (χ1) is 14.3. The van der Waals surface area contributed by atoms with E-state index in [0.717, 1.165) is 29.7 Å². The predicted molar refractivity (Wildman–Crippen MR) is 120 cm³/mol. The van der Waals surface area contributed by atoms with Gasteiger partial charge in [0.15, 0.2) is 0 Å². The van der Waals surface area contributed by atoms with Crippen LogP contribution < -0.4 is 5.32 Å². The minimum Gasteiger partial charge on any atom is -0.508 e. The van der Waals surface area contributed by atoms with Gasteiger partial charge in [0.05, 0.1) is 0 Å². The van der Waals surface area contributed by atoms with Gasteiger partial charge in [-0.1, -0.05) is 23.7 Å². The van der Waals surface area contributed by atoms with Crippen molar-refractivity contribution in [2.24, 2.45) is 4.99 Å². The molecule has 1 atom stereocenters. The Morgan fingerprint density at radius 2 is 1.90 bits per heavy atom. The van der Waals surface area contributed by atoms with Crippen LogP contribution in [0.2, 0.25) is 5.02 Å². The van der Waals surface area contributed by atoms with E-state index in [4.69, 9.17) is 16.6 Å². The zero-order valence-electron chi connectivity index (χ0n) is 17.7. The molecule has 0 bridgehead atoms. The van der Waals surface area contributed by atoms with Gasteiger partial charge in [-0.3, -0.25) is 15.1 Å². The summed E-state index contributed by atoms with van der Waals surface area (Å²) in [5, 5.41) is 14.8. The molecule has 6 heteroatoms. The minimum atomic E-state index is -0.461. The Bertz CT molecular complexity index is 1010. The average Bonchev–Trinajstić information content (AvgIpc) is 2.72. The summed E-state index contributed by atoms with van der Waals surface area (Å²) in [6, 6.07) is 11.5. The highest BCUT2D eigenvalue weighted by molar-refractivity contribution is 6.30. The van der Waals surface area contributed by atoms with E-state index in [1.54, 1.807) is 19.1 Å². The number of hydrogen-bond donors (Lipinski definition) is 2. The number of carbonyl (C=O) groups excluding carboxylic acids is 1. The number of benzene rings is 2. The number of aliphatic imine (C=N–C) groups is 1. The Kier molecular flexibility index (Phi) is 5.60. The summed E-state index contributed by atoms with van der Waals surface area (Å²) in [6.45, 7) is 7.17. The molecule has 0 saturated carbocycles. The number of phenolic OH excluding ortho intramolecular Hbond substituents is 1. The number of phenols is 1. The lowest BCUT2D eigenvalue weighted by Gasteiger charge is -2.45. The van der Waals surface area contributed by atoms with E-state index in [2.05, 4.69) is 37.4 Å². The molecule has 5 nitrogen and oxygen atoms in total. The number of carbonyl (C=O) groups is 1. The van der Waals surface area contributed by atoms with Crippen molar-refractivity contribution in [2.75, 3.05) is 13.1 Å². The maximum Gasteiger partial charge on any atom is 0.219 e. The number of amides is 1. The first-order valence-electron chi connectivity index (χ1n) is 10.4. The largest absolute Gasteiger partial charge is 0.508 e. The lowest BCUT2D eigenvalue weighted by Crippen LogP contribution is -2.56. The summed E-state index contributed by atoms with van der Waals surface area (Å²) >= 11 is 6.25. The van der Waals surface area contributed by atoms with Gasteiger partial charge in [0.25, 0.3) is 0 Å². The number of rotatable bonds is 2. The second-order valence-electron chi connectivity index (χ2n) is 8.50. The van der Waals surface area contributed by atoms with Gasteiger partial charge in [-0.05, 0) is 54.8 Å². The van der Waals surface area contributed by atoms with Crippen LogP contribution in [-0.4, -0.2) is 40.4 Å². The van der Waals surface area contributed by atoms with Gasteiger partial charge >= 0.3 is 0 Å². The van der Waals surface area contributed by atoms with Crippen molar-refractivity contribution in [3.63, 3.8) is 0 Å². The fourth-order valence-electron chi connectivity index (χ4n) is 4.45. The zero-order chi connectivity index (χ0) is 21.5. The van der Waals surface area contributed by atoms with Crippen molar-refractivity contribution in [3.05, 3.63) is 63.7 Å². The van der Waals surface area contributed by atoms with Crippen LogP contribution in [0.3, 0.4) is 0 Å². The molecule has 0 aromatic heterocycles. The first kappa shape index (κ1) is 20.9. The van der Waals surface area contributed by atoms with Crippen LogP contribution in [0, 0.1) is 13.8 Å². The highest BCUT2D eigenvalue weighted by Crippen LogP contribution is 2.38. The third-order valence-corrected chi connectivity index (χ3v) is 6.67. The fraction of sp³-hybridized carbons (Fsp3) is 0.417. The lowest BCUT2D eigenvalue weighted by molar-refractivity contribution is -0.130. The van der Waals surface area contributed by atoms with Gasteiger partial charge in [-0.25, -0.2) is 0 Å². The summed E-state index contributed by atoms with van der Waals surface area (Å²) in [5.41, 5.74) is 4.94. The normalized spacial score (nSPS) is 20.9. The van der Waals surface area contributed by atoms with E-state index < -0.39 is 5.66 Å². The Morgan fingerprint density at radius 1 is 1.17 bits per heavy atom. The number of nitrogens with one attached hydrogen (secondary N) is 1. The maximum absolute atomic E-state index is 11.8. The van der Waals surface area contributed by atoms with Gasteiger partial charge in [-0.15, -0.1) is 0 Å². The zero-order valence-corrected chi connectivity index (χ0v) is 18.5. The Hall–Kier alpha value is -2.37. The summed E-state index contributed by atoms with van der Waals surface area (Å²) in [7, 11) is 0. The first-order valence-corrected chi connectivity index (χ1v) is 10.8. The van der Waals surface area contributed by atoms with Gasteiger partial charge in [0, 0.05) is 61.6 Å². The fourth-order valence-corrected chi connectivity index (χ4v) is 4.63. The third kappa shape index (κ3) is 4.09. The van der Waals surface area contributed by atoms with Gasteiger partial charge in [0.1, 0.15) is 11.4 Å². The van der Waals surface area contributed by atoms with Crippen molar-refractivity contribution in [1.29, 1.82) is 0 Å². The number of aromatic hydroxyl groups is 1. The molecule has 1 unspecified atom stereocenters. The van der Waals surface area contributed by atoms with Crippen LogP contribution >= 0.6 is 11.6 Å². The van der Waals surface area contributed by atoms with Crippen molar-refractivity contribution >= 4 is 23.2 Å². The second-order valence-corrected chi connectivity index (χ2v) is 8.94. The lowest BCUT2D eigenvalue weighted by atomic mass is 9.87. The van der Waals surface area contributed by atoms with E-state index in [1.807, 2.05) is 11.0 Å². The number of likely N-dealkylation sites (tertiary alicyclic amines) is 1.